The van der Waals surface area contributed by atoms with E-state index in [2.05, 4.69) is 4.84 Å². The lowest BCUT2D eigenvalue weighted by molar-refractivity contribution is -0.135. The Morgan fingerprint density at radius 3 is 2.71 bits per heavy atom. The first-order valence-corrected chi connectivity index (χ1v) is 1.67. The molecule has 0 aromatic carbocycles. The number of hydrogen-bond donors (Lipinski definition) is 1. The van der Waals surface area contributed by atoms with Gasteiger partial charge in [-0.2, -0.15) is 0 Å². The maximum atomic E-state index is 9.42. The molecule has 1 N–H and O–H groups in total. The number of carbonyl (C=O) groups is 2. The van der Waals surface area contributed by atoms with Crippen LogP contribution in [0, 0.1) is 0 Å². The summed E-state index contributed by atoms with van der Waals surface area (Å²) in [5.74, 6) is 0. The summed E-state index contributed by atoms with van der Waals surface area (Å²) in [5.41, 5.74) is 2.05. The van der Waals surface area contributed by atoms with E-state index in [1.54, 1.807) is 0 Å². The van der Waals surface area contributed by atoms with Gasteiger partial charge in [0.05, 0.1) is 6.54 Å². The van der Waals surface area contributed by atoms with E-state index in [9.17, 15) is 9.59 Å². The van der Waals surface area contributed by atoms with Crippen molar-refractivity contribution in [1.29, 1.82) is 0 Å². The molecule has 0 aliphatic rings. The van der Waals surface area contributed by atoms with Crippen LogP contribution in [0.5, 0.6) is 0 Å². The fourth-order valence-electron chi connectivity index (χ4n) is 0.116. The van der Waals surface area contributed by atoms with Crippen LogP contribution in [0.2, 0.25) is 0 Å². The van der Waals surface area contributed by atoms with Crippen molar-refractivity contribution in [2.24, 2.45) is 0 Å². The Bertz CT molecular complexity index is 55.2. The van der Waals surface area contributed by atoms with E-state index in [1.165, 1.54) is 0 Å². The lowest BCUT2D eigenvalue weighted by atomic mass is 10.8. The Morgan fingerprint density at radius 1 is 1.57 bits per heavy atom. The lowest BCUT2D eigenvalue weighted by Crippen LogP contribution is -2.15. The third-order valence-corrected chi connectivity index (χ3v) is 0.298. The molecule has 0 aliphatic heterocycles. The average molecular weight is 103 g/mol. The fraction of sp³-hybridized carbons (Fsp3) is 0.333. The smallest absolute Gasteiger partial charge is 0.312 e. The largest absolute Gasteiger partial charge is 0.373 e. The summed E-state index contributed by atoms with van der Waals surface area (Å²) in [4.78, 5) is 22.6. The van der Waals surface area contributed by atoms with Gasteiger partial charge in [0.15, 0.2) is 0 Å². The molecular weight excluding hydrogens is 98.0 g/mol. The Labute approximate surface area is 40.4 Å². The molecule has 0 unspecified atom stereocenters. The number of aldehydes is 1. The van der Waals surface area contributed by atoms with Gasteiger partial charge in [-0.15, -0.1) is 5.48 Å². The first kappa shape index (κ1) is 6.10. The molecule has 0 atom stereocenters. The maximum Gasteiger partial charge on any atom is 0.312 e. The van der Waals surface area contributed by atoms with Crippen LogP contribution in [-0.2, 0) is 14.4 Å². The van der Waals surface area contributed by atoms with E-state index in [4.69, 9.17) is 0 Å². The third kappa shape index (κ3) is 5.10. The highest BCUT2D eigenvalue weighted by molar-refractivity contribution is 5.51. The van der Waals surface area contributed by atoms with Crippen molar-refractivity contribution in [3.8, 4) is 0 Å². The second-order valence-electron chi connectivity index (χ2n) is 0.729. The Kier molecular flexibility index (Phi) is 4.44. The second-order valence-corrected chi connectivity index (χ2v) is 0.729. The van der Waals surface area contributed by atoms with Crippen LogP contribution in [0.15, 0.2) is 0 Å². The number of nitrogens with one attached hydrogen (secondary N) is 1. The van der Waals surface area contributed by atoms with Crippen molar-refractivity contribution in [2.75, 3.05) is 6.54 Å². The summed E-state index contributed by atoms with van der Waals surface area (Å²) in [6, 6.07) is 0. The summed E-state index contributed by atoms with van der Waals surface area (Å²) in [5, 5.41) is 0. The van der Waals surface area contributed by atoms with E-state index in [0.717, 1.165) is 0 Å². The molecule has 0 aliphatic carbocycles. The highest BCUT2D eigenvalue weighted by Gasteiger charge is 1.74. The summed E-state index contributed by atoms with van der Waals surface area (Å²) in [6.07, 6.45) is 0.587. The number of carbonyl (C=O) groups excluding carboxylic acids is 2. The van der Waals surface area contributed by atoms with Gasteiger partial charge in [-0.05, 0) is 0 Å². The normalized spacial score (nSPS) is 7.43. The quantitative estimate of drug-likeness (QED) is 0.277. The van der Waals surface area contributed by atoms with Gasteiger partial charge in [-0.1, -0.05) is 0 Å². The topological polar surface area (TPSA) is 55.4 Å². The Hall–Kier alpha value is -0.900. The summed E-state index contributed by atoms with van der Waals surface area (Å²) >= 11 is 0. The zero-order valence-corrected chi connectivity index (χ0v) is 3.59. The third-order valence-electron chi connectivity index (χ3n) is 0.298. The monoisotopic (exact) mass is 103 g/mol. The van der Waals surface area contributed by atoms with Crippen molar-refractivity contribution in [1.82, 2.24) is 5.48 Å². The molecule has 0 aromatic rings. The molecule has 4 heteroatoms. The zero-order chi connectivity index (χ0) is 5.54. The Balaban J connectivity index is 2.68. The molecule has 40 valence electrons. The average Bonchev–Trinajstić information content (AvgIpc) is 1.69. The van der Waals surface area contributed by atoms with Crippen molar-refractivity contribution >= 4 is 12.8 Å². The summed E-state index contributed by atoms with van der Waals surface area (Å²) in [6.45, 7) is 0.252. The van der Waals surface area contributed by atoms with Crippen LogP contribution in [0.1, 0.15) is 0 Å². The van der Waals surface area contributed by atoms with E-state index in [-0.39, 0.29) is 13.0 Å². The molecule has 0 amide bonds. The molecule has 0 saturated heterocycles. The maximum absolute atomic E-state index is 9.42. The standard InChI is InChI=1S/C3H5NO3/c5-2-1-4-7-3-6/h2-4H,1H2. The van der Waals surface area contributed by atoms with Crippen LogP contribution < -0.4 is 5.48 Å². The first-order chi connectivity index (χ1) is 3.41. The second kappa shape index (κ2) is 5.10. The van der Waals surface area contributed by atoms with Crippen LogP contribution in [-0.4, -0.2) is 19.3 Å². The van der Waals surface area contributed by atoms with Crippen molar-refractivity contribution in [2.45, 2.75) is 0 Å². The van der Waals surface area contributed by atoms with Crippen molar-refractivity contribution in [3.05, 3.63) is 0 Å². The van der Waals surface area contributed by atoms with Gasteiger partial charge >= 0.3 is 6.47 Å². The minimum atomic E-state index is 0.0404. The molecule has 0 rings (SSSR count). The SMILES string of the molecule is O=CCNOC=O. The number of hydrogen-bond acceptors (Lipinski definition) is 4. The van der Waals surface area contributed by atoms with E-state index >= 15 is 0 Å². The molecule has 0 bridgehead atoms. The van der Waals surface area contributed by atoms with Crippen LogP contribution in [0.25, 0.3) is 0 Å². The fourth-order valence-corrected chi connectivity index (χ4v) is 0.116. The minimum absolute atomic E-state index is 0.0404. The van der Waals surface area contributed by atoms with Crippen molar-refractivity contribution < 1.29 is 14.4 Å². The predicted molar refractivity (Wildman–Crippen MR) is 21.2 cm³/mol. The highest BCUT2D eigenvalue weighted by atomic mass is 16.7. The summed E-state index contributed by atoms with van der Waals surface area (Å²) < 4.78 is 0. The molecule has 0 aromatic heterocycles. The van der Waals surface area contributed by atoms with Crippen LogP contribution in [0.4, 0.5) is 0 Å². The van der Waals surface area contributed by atoms with Gasteiger partial charge in [0.25, 0.3) is 0 Å². The highest BCUT2D eigenvalue weighted by Crippen LogP contribution is 1.48. The van der Waals surface area contributed by atoms with Gasteiger partial charge in [-0.25, -0.2) is 0 Å². The van der Waals surface area contributed by atoms with Crippen LogP contribution >= 0.6 is 0 Å². The minimum Gasteiger partial charge on any atom is -0.373 e. The summed E-state index contributed by atoms with van der Waals surface area (Å²) in [7, 11) is 0. The Morgan fingerprint density at radius 2 is 2.29 bits per heavy atom. The van der Waals surface area contributed by atoms with Gasteiger partial charge in [0.2, 0.25) is 0 Å². The van der Waals surface area contributed by atoms with Gasteiger partial charge < -0.3 is 9.63 Å². The molecule has 0 radical (unpaired) electrons. The predicted octanol–water partition coefficient (Wildman–Crippen LogP) is -1.14. The number of rotatable bonds is 4. The lowest BCUT2D eigenvalue weighted by Gasteiger charge is -1.88. The first-order valence-electron chi connectivity index (χ1n) is 1.67. The van der Waals surface area contributed by atoms with Crippen molar-refractivity contribution in [3.63, 3.8) is 0 Å². The van der Waals surface area contributed by atoms with E-state index in [0.29, 0.717) is 6.29 Å². The molecule has 0 fully saturated rings. The van der Waals surface area contributed by atoms with E-state index in [1.807, 2.05) is 5.48 Å². The van der Waals surface area contributed by atoms with Gasteiger partial charge in [0.1, 0.15) is 6.29 Å². The zero-order valence-electron chi connectivity index (χ0n) is 3.59. The molecule has 0 heterocycles. The molecule has 0 spiro atoms. The van der Waals surface area contributed by atoms with Crippen LogP contribution in [0.3, 0.4) is 0 Å². The molecule has 7 heavy (non-hydrogen) atoms. The molecular formula is C3H5NO3. The van der Waals surface area contributed by atoms with Gasteiger partial charge in [-0.3, -0.25) is 4.79 Å². The molecule has 4 nitrogen and oxygen atoms in total. The van der Waals surface area contributed by atoms with E-state index < -0.39 is 0 Å². The number of hydroxylamine groups is 1. The molecule has 0 saturated carbocycles. The van der Waals surface area contributed by atoms with Gasteiger partial charge in [0, 0.05) is 0 Å².